The Bertz CT molecular complexity index is 490. The predicted octanol–water partition coefficient (Wildman–Crippen LogP) is 3.91. The monoisotopic (exact) mass is 292 g/mol. The van der Waals surface area contributed by atoms with Crippen molar-refractivity contribution in [3.8, 4) is 0 Å². The molecule has 0 aliphatic carbocycles. The first kappa shape index (κ1) is 15.8. The maximum atomic E-state index is 13.8. The molecule has 1 fully saturated rings. The van der Waals surface area contributed by atoms with Gasteiger partial charge in [0.1, 0.15) is 5.82 Å². The number of carbonyl (C=O) groups is 1. The zero-order chi connectivity index (χ0) is 15.2. The molecule has 1 aromatic rings. The standard InChI is InChI=1S/C17H25FN2O/c1-3-6-13-7-5-11-20(12-10-13)17(21)14-8-4-9-15(18)16(14)19-2/h4,8-9,13,19H,3,5-7,10-12H2,1-2H3. The molecule has 3 nitrogen and oxygen atoms in total. The van der Waals surface area contributed by atoms with Gasteiger partial charge in [0.05, 0.1) is 11.3 Å². The molecule has 1 aromatic carbocycles. The molecule has 0 saturated carbocycles. The number of hydrogen-bond acceptors (Lipinski definition) is 2. The third-order valence-electron chi connectivity index (χ3n) is 4.33. The van der Waals surface area contributed by atoms with Gasteiger partial charge in [0.15, 0.2) is 0 Å². The number of rotatable bonds is 4. The molecule has 1 atom stereocenters. The van der Waals surface area contributed by atoms with Gasteiger partial charge in [0.25, 0.3) is 5.91 Å². The summed E-state index contributed by atoms with van der Waals surface area (Å²) in [5.74, 6) is 0.294. The highest BCUT2D eigenvalue weighted by Crippen LogP contribution is 2.25. The van der Waals surface area contributed by atoms with E-state index in [1.165, 1.54) is 25.3 Å². The van der Waals surface area contributed by atoms with Gasteiger partial charge in [-0.3, -0.25) is 4.79 Å². The number of amides is 1. The summed E-state index contributed by atoms with van der Waals surface area (Å²) in [4.78, 5) is 14.5. The highest BCUT2D eigenvalue weighted by atomic mass is 19.1. The van der Waals surface area contributed by atoms with E-state index in [9.17, 15) is 9.18 Å². The minimum Gasteiger partial charge on any atom is -0.385 e. The Hall–Kier alpha value is -1.58. The van der Waals surface area contributed by atoms with Crippen molar-refractivity contribution in [3.63, 3.8) is 0 Å². The fraction of sp³-hybridized carbons (Fsp3) is 0.588. The molecule has 0 bridgehead atoms. The van der Waals surface area contributed by atoms with Gasteiger partial charge in [-0.2, -0.15) is 0 Å². The van der Waals surface area contributed by atoms with Gasteiger partial charge >= 0.3 is 0 Å². The number of carbonyl (C=O) groups excluding carboxylic acids is 1. The highest BCUT2D eigenvalue weighted by Gasteiger charge is 2.23. The molecule has 1 aliphatic heterocycles. The molecule has 21 heavy (non-hydrogen) atoms. The van der Waals surface area contributed by atoms with E-state index in [2.05, 4.69) is 12.2 Å². The van der Waals surface area contributed by atoms with Crippen LogP contribution in [0.25, 0.3) is 0 Å². The van der Waals surface area contributed by atoms with Crippen molar-refractivity contribution < 1.29 is 9.18 Å². The molecule has 1 amide bonds. The number of likely N-dealkylation sites (tertiary alicyclic amines) is 1. The zero-order valence-corrected chi connectivity index (χ0v) is 13.0. The number of nitrogens with one attached hydrogen (secondary N) is 1. The first-order valence-electron chi connectivity index (χ1n) is 7.93. The van der Waals surface area contributed by atoms with Gasteiger partial charge in [-0.25, -0.2) is 4.39 Å². The van der Waals surface area contributed by atoms with E-state index < -0.39 is 0 Å². The van der Waals surface area contributed by atoms with Gasteiger partial charge in [0.2, 0.25) is 0 Å². The smallest absolute Gasteiger partial charge is 0.256 e. The Kier molecular flexibility index (Phi) is 5.59. The Balaban J connectivity index is 2.11. The quantitative estimate of drug-likeness (QED) is 0.912. The molecular formula is C17H25FN2O. The number of hydrogen-bond donors (Lipinski definition) is 1. The van der Waals surface area contributed by atoms with Crippen LogP contribution in [0.1, 0.15) is 49.4 Å². The first-order valence-corrected chi connectivity index (χ1v) is 7.93. The Morgan fingerprint density at radius 2 is 2.19 bits per heavy atom. The summed E-state index contributed by atoms with van der Waals surface area (Å²) in [5, 5.41) is 2.81. The van der Waals surface area contributed by atoms with Gasteiger partial charge in [0, 0.05) is 20.1 Å². The van der Waals surface area contributed by atoms with Crippen LogP contribution in [0.4, 0.5) is 10.1 Å². The van der Waals surface area contributed by atoms with E-state index in [-0.39, 0.29) is 11.7 Å². The summed E-state index contributed by atoms with van der Waals surface area (Å²) in [7, 11) is 1.65. The lowest BCUT2D eigenvalue weighted by atomic mass is 9.96. The molecule has 0 radical (unpaired) electrons. The van der Waals surface area contributed by atoms with Crippen molar-refractivity contribution in [2.45, 2.75) is 39.0 Å². The number of para-hydroxylation sites is 1. The lowest BCUT2D eigenvalue weighted by molar-refractivity contribution is 0.0760. The van der Waals surface area contributed by atoms with E-state index in [1.807, 2.05) is 4.90 Å². The van der Waals surface area contributed by atoms with Crippen LogP contribution in [-0.2, 0) is 0 Å². The van der Waals surface area contributed by atoms with E-state index in [1.54, 1.807) is 19.2 Å². The molecule has 1 saturated heterocycles. The number of anilines is 1. The number of benzene rings is 1. The van der Waals surface area contributed by atoms with E-state index >= 15 is 0 Å². The van der Waals surface area contributed by atoms with Crippen molar-refractivity contribution in [1.82, 2.24) is 4.90 Å². The zero-order valence-electron chi connectivity index (χ0n) is 13.0. The molecule has 0 aromatic heterocycles. The molecular weight excluding hydrogens is 267 g/mol. The average Bonchev–Trinajstić information content (AvgIpc) is 2.72. The summed E-state index contributed by atoms with van der Waals surface area (Å²) >= 11 is 0. The van der Waals surface area contributed by atoms with Gasteiger partial charge < -0.3 is 10.2 Å². The summed E-state index contributed by atoms with van der Waals surface area (Å²) in [6.45, 7) is 3.77. The van der Waals surface area contributed by atoms with Crippen LogP contribution in [0.5, 0.6) is 0 Å². The SMILES string of the molecule is CCCC1CCCN(C(=O)c2cccc(F)c2NC)CC1. The topological polar surface area (TPSA) is 32.3 Å². The van der Waals surface area contributed by atoms with Crippen molar-refractivity contribution in [2.75, 3.05) is 25.5 Å². The Morgan fingerprint density at radius 3 is 2.90 bits per heavy atom. The highest BCUT2D eigenvalue weighted by molar-refractivity contribution is 5.99. The maximum Gasteiger partial charge on any atom is 0.256 e. The molecule has 116 valence electrons. The molecule has 2 rings (SSSR count). The molecule has 0 spiro atoms. The Morgan fingerprint density at radius 1 is 1.38 bits per heavy atom. The molecule has 4 heteroatoms. The second-order valence-corrected chi connectivity index (χ2v) is 5.79. The summed E-state index contributed by atoms with van der Waals surface area (Å²) in [6, 6.07) is 4.68. The average molecular weight is 292 g/mol. The molecule has 1 heterocycles. The van der Waals surface area contributed by atoms with Crippen LogP contribution in [0, 0.1) is 11.7 Å². The first-order chi connectivity index (χ1) is 10.2. The van der Waals surface area contributed by atoms with E-state index in [4.69, 9.17) is 0 Å². The molecule has 1 aliphatic rings. The van der Waals surface area contributed by atoms with Crippen LogP contribution in [0.3, 0.4) is 0 Å². The maximum absolute atomic E-state index is 13.8. The molecule has 1 N–H and O–H groups in total. The summed E-state index contributed by atoms with van der Waals surface area (Å²) < 4.78 is 13.8. The lowest BCUT2D eigenvalue weighted by Crippen LogP contribution is -2.32. The number of nitrogens with zero attached hydrogens (tertiary/aromatic N) is 1. The second-order valence-electron chi connectivity index (χ2n) is 5.79. The summed E-state index contributed by atoms with van der Waals surface area (Å²) in [6.07, 6.45) is 5.74. The Labute approximate surface area is 126 Å². The molecule has 1 unspecified atom stereocenters. The van der Waals surface area contributed by atoms with Gasteiger partial charge in [-0.1, -0.05) is 25.8 Å². The predicted molar refractivity (Wildman–Crippen MR) is 84.1 cm³/mol. The van der Waals surface area contributed by atoms with Crippen LogP contribution in [0.2, 0.25) is 0 Å². The second kappa shape index (κ2) is 7.43. The minimum atomic E-state index is -0.373. The largest absolute Gasteiger partial charge is 0.385 e. The lowest BCUT2D eigenvalue weighted by Gasteiger charge is -2.22. The van der Waals surface area contributed by atoms with Crippen LogP contribution < -0.4 is 5.32 Å². The van der Waals surface area contributed by atoms with E-state index in [0.29, 0.717) is 11.3 Å². The van der Waals surface area contributed by atoms with Crippen molar-refractivity contribution >= 4 is 11.6 Å². The van der Waals surface area contributed by atoms with Crippen LogP contribution in [0.15, 0.2) is 18.2 Å². The third-order valence-corrected chi connectivity index (χ3v) is 4.33. The number of halogens is 1. The fourth-order valence-electron chi connectivity index (χ4n) is 3.19. The summed E-state index contributed by atoms with van der Waals surface area (Å²) in [5.41, 5.74) is 0.739. The van der Waals surface area contributed by atoms with Crippen LogP contribution >= 0.6 is 0 Å². The normalized spacial score (nSPS) is 19.2. The van der Waals surface area contributed by atoms with Gasteiger partial charge in [-0.05, 0) is 37.3 Å². The van der Waals surface area contributed by atoms with E-state index in [0.717, 1.165) is 31.8 Å². The minimum absolute atomic E-state index is 0.0593. The van der Waals surface area contributed by atoms with Crippen molar-refractivity contribution in [2.24, 2.45) is 5.92 Å². The van der Waals surface area contributed by atoms with Crippen molar-refractivity contribution in [1.29, 1.82) is 0 Å². The van der Waals surface area contributed by atoms with Gasteiger partial charge in [-0.15, -0.1) is 0 Å². The van der Waals surface area contributed by atoms with Crippen molar-refractivity contribution in [3.05, 3.63) is 29.6 Å². The fourth-order valence-corrected chi connectivity index (χ4v) is 3.19. The third kappa shape index (κ3) is 3.74. The van der Waals surface area contributed by atoms with Crippen LogP contribution in [-0.4, -0.2) is 30.9 Å².